The number of unbranched alkanes of at least 4 members (excludes halogenated alkanes) is 1. The number of nitrogens with one attached hydrogen (secondary N) is 1. The van der Waals surface area contributed by atoms with Gasteiger partial charge < -0.3 is 19.5 Å². The molecule has 0 saturated heterocycles. The summed E-state index contributed by atoms with van der Waals surface area (Å²) in [5, 5.41) is 2.86. The molecule has 5 nitrogen and oxygen atoms in total. The van der Waals surface area contributed by atoms with Crippen molar-refractivity contribution in [2.75, 3.05) is 26.9 Å². The van der Waals surface area contributed by atoms with E-state index in [0.29, 0.717) is 42.6 Å². The average molecular weight is 373 g/mol. The molecule has 0 unspecified atom stereocenters. The number of hydrogen-bond donors (Lipinski definition) is 1. The third-order valence-electron chi connectivity index (χ3n) is 3.72. The van der Waals surface area contributed by atoms with E-state index >= 15 is 0 Å². The van der Waals surface area contributed by atoms with Gasteiger partial charge in [0.25, 0.3) is 5.91 Å². The van der Waals surface area contributed by atoms with Gasteiger partial charge in [-0.3, -0.25) is 4.79 Å². The Balaban J connectivity index is 1.71. The Morgan fingerprint density at radius 3 is 2.59 bits per heavy atom. The average Bonchev–Trinajstić information content (AvgIpc) is 2.70. The molecule has 0 spiro atoms. The van der Waals surface area contributed by atoms with E-state index in [4.69, 9.17) is 14.2 Å². The summed E-state index contributed by atoms with van der Waals surface area (Å²) in [5.41, 5.74) is 0.500. The molecular formula is C21H24FNO4. The van der Waals surface area contributed by atoms with Crippen LogP contribution in [0.25, 0.3) is 0 Å². The molecule has 0 heterocycles. The molecule has 0 fully saturated rings. The van der Waals surface area contributed by atoms with Gasteiger partial charge in [0.15, 0.2) is 11.5 Å². The van der Waals surface area contributed by atoms with Crippen LogP contribution in [0.3, 0.4) is 0 Å². The maximum absolute atomic E-state index is 12.8. The van der Waals surface area contributed by atoms with Crippen molar-refractivity contribution in [1.82, 2.24) is 5.32 Å². The van der Waals surface area contributed by atoms with Crippen molar-refractivity contribution in [3.05, 3.63) is 66.5 Å². The molecular weight excluding hydrogens is 349 g/mol. The van der Waals surface area contributed by atoms with Crippen LogP contribution >= 0.6 is 0 Å². The monoisotopic (exact) mass is 373 g/mol. The number of methoxy groups -OCH3 is 1. The standard InChI is InChI=1S/C21H24FNO4/c1-3-13-27-19-11-6-16(15-20(19)25-2)21(24)23-12-4-5-14-26-18-9-7-17(22)8-10-18/h3,6-11,15H,1,4-5,12-14H2,2H3,(H,23,24). The summed E-state index contributed by atoms with van der Waals surface area (Å²) in [6.07, 6.45) is 3.18. The highest BCUT2D eigenvalue weighted by molar-refractivity contribution is 5.94. The second kappa shape index (κ2) is 10.9. The summed E-state index contributed by atoms with van der Waals surface area (Å²) in [5.74, 6) is 1.22. The molecule has 2 aromatic carbocycles. The number of ether oxygens (including phenoxy) is 3. The number of rotatable bonds is 11. The highest BCUT2D eigenvalue weighted by atomic mass is 19.1. The Hall–Kier alpha value is -3.02. The zero-order chi connectivity index (χ0) is 19.5. The zero-order valence-corrected chi connectivity index (χ0v) is 15.4. The number of amides is 1. The van der Waals surface area contributed by atoms with E-state index in [1.54, 1.807) is 36.4 Å². The summed E-state index contributed by atoms with van der Waals surface area (Å²) < 4.78 is 29.0. The van der Waals surface area contributed by atoms with Crippen LogP contribution in [0.1, 0.15) is 23.2 Å². The van der Waals surface area contributed by atoms with E-state index in [9.17, 15) is 9.18 Å². The molecule has 27 heavy (non-hydrogen) atoms. The minimum atomic E-state index is -0.290. The van der Waals surface area contributed by atoms with Gasteiger partial charge in [-0.1, -0.05) is 12.7 Å². The number of halogens is 1. The third-order valence-corrected chi connectivity index (χ3v) is 3.72. The van der Waals surface area contributed by atoms with E-state index < -0.39 is 0 Å². The summed E-state index contributed by atoms with van der Waals surface area (Å²) in [6, 6.07) is 10.9. The second-order valence-corrected chi connectivity index (χ2v) is 5.73. The Kier molecular flexibility index (Phi) is 8.16. The topological polar surface area (TPSA) is 56.8 Å². The molecule has 1 amide bonds. The highest BCUT2D eigenvalue weighted by Gasteiger charge is 2.10. The molecule has 0 radical (unpaired) electrons. The molecule has 0 atom stereocenters. The second-order valence-electron chi connectivity index (χ2n) is 5.73. The normalized spacial score (nSPS) is 10.1. The Morgan fingerprint density at radius 2 is 1.89 bits per heavy atom. The lowest BCUT2D eigenvalue weighted by Gasteiger charge is -2.11. The first-order valence-corrected chi connectivity index (χ1v) is 8.72. The number of benzene rings is 2. The Morgan fingerprint density at radius 1 is 1.11 bits per heavy atom. The van der Waals surface area contributed by atoms with Crippen LogP contribution in [0.15, 0.2) is 55.1 Å². The predicted octanol–water partition coefficient (Wildman–Crippen LogP) is 3.99. The van der Waals surface area contributed by atoms with Crippen LogP contribution in [-0.4, -0.2) is 32.8 Å². The van der Waals surface area contributed by atoms with Gasteiger partial charge in [-0.25, -0.2) is 4.39 Å². The van der Waals surface area contributed by atoms with Gasteiger partial charge in [0.05, 0.1) is 13.7 Å². The quantitative estimate of drug-likeness (QED) is 0.478. The maximum atomic E-state index is 12.8. The van der Waals surface area contributed by atoms with Crippen LogP contribution in [-0.2, 0) is 0 Å². The molecule has 144 valence electrons. The van der Waals surface area contributed by atoms with Crippen molar-refractivity contribution in [2.45, 2.75) is 12.8 Å². The minimum absolute atomic E-state index is 0.178. The molecule has 6 heteroatoms. The smallest absolute Gasteiger partial charge is 0.251 e. The Bertz CT molecular complexity index is 746. The van der Waals surface area contributed by atoms with E-state index in [1.807, 2.05) is 0 Å². The van der Waals surface area contributed by atoms with Crippen molar-refractivity contribution in [1.29, 1.82) is 0 Å². The van der Waals surface area contributed by atoms with Crippen molar-refractivity contribution in [3.8, 4) is 17.2 Å². The lowest BCUT2D eigenvalue weighted by Crippen LogP contribution is -2.24. The molecule has 0 saturated carbocycles. The fourth-order valence-corrected chi connectivity index (χ4v) is 2.33. The molecule has 2 aromatic rings. The highest BCUT2D eigenvalue weighted by Crippen LogP contribution is 2.28. The summed E-state index contributed by atoms with van der Waals surface area (Å²) in [6.45, 7) is 5.00. The van der Waals surface area contributed by atoms with Crippen LogP contribution in [0.4, 0.5) is 4.39 Å². The summed E-state index contributed by atoms with van der Waals surface area (Å²) in [4.78, 5) is 12.2. The molecule has 0 aliphatic rings. The van der Waals surface area contributed by atoms with Crippen LogP contribution in [0.2, 0.25) is 0 Å². The Labute approximate surface area is 158 Å². The zero-order valence-electron chi connectivity index (χ0n) is 15.4. The predicted molar refractivity (Wildman–Crippen MR) is 102 cm³/mol. The largest absolute Gasteiger partial charge is 0.494 e. The van der Waals surface area contributed by atoms with E-state index in [-0.39, 0.29) is 11.7 Å². The molecule has 1 N–H and O–H groups in total. The van der Waals surface area contributed by atoms with Gasteiger partial charge in [0.2, 0.25) is 0 Å². The van der Waals surface area contributed by atoms with Gasteiger partial charge in [-0.15, -0.1) is 0 Å². The van der Waals surface area contributed by atoms with Gasteiger partial charge >= 0.3 is 0 Å². The van der Waals surface area contributed by atoms with E-state index in [0.717, 1.165) is 12.8 Å². The van der Waals surface area contributed by atoms with E-state index in [2.05, 4.69) is 11.9 Å². The van der Waals surface area contributed by atoms with Gasteiger partial charge in [0, 0.05) is 12.1 Å². The SMILES string of the molecule is C=CCOc1ccc(C(=O)NCCCCOc2ccc(F)cc2)cc1OC. The molecule has 0 aromatic heterocycles. The molecule has 0 aliphatic heterocycles. The van der Waals surface area contributed by atoms with Crippen molar-refractivity contribution >= 4 is 5.91 Å². The molecule has 2 rings (SSSR count). The lowest BCUT2D eigenvalue weighted by atomic mass is 10.2. The summed E-state index contributed by atoms with van der Waals surface area (Å²) in [7, 11) is 1.53. The van der Waals surface area contributed by atoms with Crippen molar-refractivity contribution in [3.63, 3.8) is 0 Å². The van der Waals surface area contributed by atoms with Crippen LogP contribution < -0.4 is 19.5 Å². The fourth-order valence-electron chi connectivity index (χ4n) is 2.33. The lowest BCUT2D eigenvalue weighted by molar-refractivity contribution is 0.0952. The first-order chi connectivity index (χ1) is 13.1. The number of hydrogen-bond acceptors (Lipinski definition) is 4. The minimum Gasteiger partial charge on any atom is -0.494 e. The maximum Gasteiger partial charge on any atom is 0.251 e. The fraction of sp³-hybridized carbons (Fsp3) is 0.286. The van der Waals surface area contributed by atoms with Gasteiger partial charge in [-0.2, -0.15) is 0 Å². The van der Waals surface area contributed by atoms with Gasteiger partial charge in [0.1, 0.15) is 18.2 Å². The van der Waals surface area contributed by atoms with Crippen molar-refractivity contribution < 1.29 is 23.4 Å². The molecule has 0 aliphatic carbocycles. The first-order valence-electron chi connectivity index (χ1n) is 8.72. The number of carbonyl (C=O) groups excluding carboxylic acids is 1. The third kappa shape index (κ3) is 6.66. The summed E-state index contributed by atoms with van der Waals surface area (Å²) >= 11 is 0. The number of carbonyl (C=O) groups is 1. The van der Waals surface area contributed by atoms with Crippen LogP contribution in [0, 0.1) is 5.82 Å². The van der Waals surface area contributed by atoms with Crippen LogP contribution in [0.5, 0.6) is 17.2 Å². The van der Waals surface area contributed by atoms with Gasteiger partial charge in [-0.05, 0) is 55.3 Å². The van der Waals surface area contributed by atoms with Crippen molar-refractivity contribution in [2.24, 2.45) is 0 Å². The van der Waals surface area contributed by atoms with E-state index in [1.165, 1.54) is 19.2 Å². The first kappa shape index (κ1) is 20.3. The molecule has 0 bridgehead atoms.